The number of guanidine groups is 1. The van der Waals surface area contributed by atoms with Crippen LogP contribution in [0.3, 0.4) is 0 Å². The van der Waals surface area contributed by atoms with Crippen molar-refractivity contribution < 1.29 is 0 Å². The van der Waals surface area contributed by atoms with E-state index in [-0.39, 0.29) is 24.0 Å². The number of hydrogen-bond donors (Lipinski definition) is 2. The van der Waals surface area contributed by atoms with Crippen LogP contribution in [-0.4, -0.2) is 50.1 Å². The highest BCUT2D eigenvalue weighted by Crippen LogP contribution is 2.28. The fourth-order valence-corrected chi connectivity index (χ4v) is 3.05. The maximum Gasteiger partial charge on any atom is 0.191 e. The number of aliphatic imine (C=N–C) groups is 1. The average molecular weight is 408 g/mol. The highest BCUT2D eigenvalue weighted by molar-refractivity contribution is 14.0. The second-order valence-electron chi connectivity index (χ2n) is 6.72. The van der Waals surface area contributed by atoms with Crippen molar-refractivity contribution in [2.24, 2.45) is 16.8 Å². The molecule has 124 valence electrons. The highest BCUT2D eigenvalue weighted by atomic mass is 127. The predicted octanol–water partition coefficient (Wildman–Crippen LogP) is 2.69. The Morgan fingerprint density at radius 3 is 2.67 bits per heavy atom. The fraction of sp³-hybridized carbons (Fsp3) is 0.938. The van der Waals surface area contributed by atoms with Crippen LogP contribution in [-0.2, 0) is 0 Å². The standard InChI is InChI=1S/C16H32N4.HI/c1-13-7-6-10-20(12-13)9-5-4-8-18-16(17-3)19-15-11-14(15)2;/h13-15H,4-12H2,1-3H3,(H2,17,18,19);1H. The van der Waals surface area contributed by atoms with Crippen LogP contribution < -0.4 is 10.6 Å². The molecule has 2 N–H and O–H groups in total. The van der Waals surface area contributed by atoms with Crippen LogP contribution in [0.1, 0.15) is 46.0 Å². The van der Waals surface area contributed by atoms with Gasteiger partial charge in [-0.2, -0.15) is 0 Å². The molecule has 0 radical (unpaired) electrons. The molecule has 0 amide bonds. The molecule has 1 saturated carbocycles. The molecule has 1 aliphatic heterocycles. The third-order valence-electron chi connectivity index (χ3n) is 4.59. The summed E-state index contributed by atoms with van der Waals surface area (Å²) in [5.74, 6) is 2.69. The maximum absolute atomic E-state index is 4.28. The number of nitrogens with one attached hydrogen (secondary N) is 2. The Balaban J connectivity index is 0.00000220. The van der Waals surface area contributed by atoms with E-state index in [1.807, 2.05) is 7.05 Å². The summed E-state index contributed by atoms with van der Waals surface area (Å²) in [5, 5.41) is 6.89. The first-order chi connectivity index (χ1) is 9.69. The quantitative estimate of drug-likeness (QED) is 0.307. The molecule has 5 heteroatoms. The van der Waals surface area contributed by atoms with E-state index in [0.717, 1.165) is 24.3 Å². The SMILES string of the molecule is CN=C(NCCCCN1CCCC(C)C1)NC1CC1C.I. The highest BCUT2D eigenvalue weighted by Gasteiger charge is 2.33. The summed E-state index contributed by atoms with van der Waals surface area (Å²) in [6.07, 6.45) is 6.60. The van der Waals surface area contributed by atoms with E-state index in [1.54, 1.807) is 0 Å². The first-order valence-corrected chi connectivity index (χ1v) is 8.38. The van der Waals surface area contributed by atoms with Crippen molar-refractivity contribution in [3.63, 3.8) is 0 Å². The van der Waals surface area contributed by atoms with Crippen LogP contribution in [0.25, 0.3) is 0 Å². The van der Waals surface area contributed by atoms with Gasteiger partial charge in [0, 0.05) is 26.2 Å². The van der Waals surface area contributed by atoms with Crippen LogP contribution in [0.4, 0.5) is 0 Å². The number of piperidine rings is 1. The number of nitrogens with zero attached hydrogens (tertiary/aromatic N) is 2. The maximum atomic E-state index is 4.28. The molecule has 1 aliphatic carbocycles. The molecule has 4 nitrogen and oxygen atoms in total. The molecule has 3 atom stereocenters. The lowest BCUT2D eigenvalue weighted by Crippen LogP contribution is -2.39. The van der Waals surface area contributed by atoms with Crippen molar-refractivity contribution in [2.75, 3.05) is 33.2 Å². The van der Waals surface area contributed by atoms with Gasteiger partial charge >= 0.3 is 0 Å². The van der Waals surface area contributed by atoms with E-state index in [4.69, 9.17) is 0 Å². The van der Waals surface area contributed by atoms with Crippen molar-refractivity contribution in [3.8, 4) is 0 Å². The smallest absolute Gasteiger partial charge is 0.191 e. The average Bonchev–Trinajstić information content (AvgIpc) is 3.12. The Morgan fingerprint density at radius 1 is 1.29 bits per heavy atom. The van der Waals surface area contributed by atoms with Gasteiger partial charge in [0.2, 0.25) is 0 Å². The van der Waals surface area contributed by atoms with Gasteiger partial charge in [-0.25, -0.2) is 0 Å². The Hall–Kier alpha value is -0.0400. The lowest BCUT2D eigenvalue weighted by Gasteiger charge is -2.30. The summed E-state index contributed by atoms with van der Waals surface area (Å²) in [7, 11) is 1.86. The van der Waals surface area contributed by atoms with Gasteiger partial charge in [-0.15, -0.1) is 24.0 Å². The zero-order valence-electron chi connectivity index (χ0n) is 13.9. The van der Waals surface area contributed by atoms with Gasteiger partial charge in [-0.05, 0) is 57.0 Å². The molecule has 0 aromatic rings. The monoisotopic (exact) mass is 408 g/mol. The molecule has 0 bridgehead atoms. The van der Waals surface area contributed by atoms with Crippen LogP contribution in [0, 0.1) is 11.8 Å². The number of halogens is 1. The summed E-state index contributed by atoms with van der Waals surface area (Å²) in [6.45, 7) is 9.56. The molecule has 0 aromatic heterocycles. The second-order valence-corrected chi connectivity index (χ2v) is 6.72. The van der Waals surface area contributed by atoms with Gasteiger partial charge < -0.3 is 15.5 Å². The first kappa shape index (κ1) is 19.0. The first-order valence-electron chi connectivity index (χ1n) is 8.38. The third-order valence-corrected chi connectivity index (χ3v) is 4.59. The molecule has 21 heavy (non-hydrogen) atoms. The minimum atomic E-state index is 0. The van der Waals surface area contributed by atoms with Gasteiger partial charge in [0.15, 0.2) is 5.96 Å². The minimum absolute atomic E-state index is 0. The van der Waals surface area contributed by atoms with E-state index in [1.165, 1.54) is 51.7 Å². The van der Waals surface area contributed by atoms with E-state index in [9.17, 15) is 0 Å². The largest absolute Gasteiger partial charge is 0.356 e. The van der Waals surface area contributed by atoms with E-state index in [0.29, 0.717) is 6.04 Å². The number of rotatable bonds is 6. The van der Waals surface area contributed by atoms with Crippen molar-refractivity contribution in [1.82, 2.24) is 15.5 Å². The van der Waals surface area contributed by atoms with Gasteiger partial charge in [-0.1, -0.05) is 13.8 Å². The summed E-state index contributed by atoms with van der Waals surface area (Å²) >= 11 is 0. The normalized spacial score (nSPS) is 29.7. The fourth-order valence-electron chi connectivity index (χ4n) is 3.05. The Labute approximate surface area is 147 Å². The van der Waals surface area contributed by atoms with Gasteiger partial charge in [0.1, 0.15) is 0 Å². The molecule has 2 fully saturated rings. The molecule has 0 aromatic carbocycles. The van der Waals surface area contributed by atoms with Gasteiger partial charge in [-0.3, -0.25) is 4.99 Å². The molecular weight excluding hydrogens is 375 g/mol. The van der Waals surface area contributed by atoms with Crippen LogP contribution in [0.15, 0.2) is 4.99 Å². The molecule has 1 heterocycles. The zero-order chi connectivity index (χ0) is 14.4. The van der Waals surface area contributed by atoms with Crippen LogP contribution >= 0.6 is 24.0 Å². The molecule has 2 aliphatic rings. The molecule has 0 spiro atoms. The molecule has 3 unspecified atom stereocenters. The summed E-state index contributed by atoms with van der Waals surface area (Å²) in [5.41, 5.74) is 0. The Morgan fingerprint density at radius 2 is 2.05 bits per heavy atom. The molecule has 2 rings (SSSR count). The number of likely N-dealkylation sites (tertiary alicyclic amines) is 1. The molecule has 1 saturated heterocycles. The van der Waals surface area contributed by atoms with E-state index < -0.39 is 0 Å². The van der Waals surface area contributed by atoms with E-state index >= 15 is 0 Å². The van der Waals surface area contributed by atoms with Crippen molar-refractivity contribution in [2.45, 2.75) is 52.0 Å². The summed E-state index contributed by atoms with van der Waals surface area (Å²) in [4.78, 5) is 6.92. The topological polar surface area (TPSA) is 39.7 Å². The van der Waals surface area contributed by atoms with Crippen molar-refractivity contribution >= 4 is 29.9 Å². The van der Waals surface area contributed by atoms with Crippen molar-refractivity contribution in [1.29, 1.82) is 0 Å². The van der Waals surface area contributed by atoms with Crippen LogP contribution in [0.5, 0.6) is 0 Å². The Bertz CT molecular complexity index is 321. The second kappa shape index (κ2) is 9.87. The van der Waals surface area contributed by atoms with Gasteiger partial charge in [0.05, 0.1) is 0 Å². The summed E-state index contributed by atoms with van der Waals surface area (Å²) < 4.78 is 0. The van der Waals surface area contributed by atoms with Crippen LogP contribution in [0.2, 0.25) is 0 Å². The minimum Gasteiger partial charge on any atom is -0.356 e. The predicted molar refractivity (Wildman–Crippen MR) is 102 cm³/mol. The van der Waals surface area contributed by atoms with Crippen molar-refractivity contribution in [3.05, 3.63) is 0 Å². The molecular formula is C16H33IN4. The Kier molecular flexibility index (Phi) is 8.94. The number of hydrogen-bond acceptors (Lipinski definition) is 2. The summed E-state index contributed by atoms with van der Waals surface area (Å²) in [6, 6.07) is 0.649. The lowest BCUT2D eigenvalue weighted by molar-refractivity contribution is 0.181. The third kappa shape index (κ3) is 7.17. The lowest BCUT2D eigenvalue weighted by atomic mass is 10.0. The zero-order valence-corrected chi connectivity index (χ0v) is 16.2. The number of unbranched alkanes of at least 4 members (excludes halogenated alkanes) is 1. The van der Waals surface area contributed by atoms with E-state index in [2.05, 4.69) is 34.4 Å². The van der Waals surface area contributed by atoms with Gasteiger partial charge in [0.25, 0.3) is 0 Å².